The maximum atomic E-state index is 12.9. The van der Waals surface area contributed by atoms with Crippen molar-refractivity contribution in [1.29, 1.82) is 0 Å². The molecule has 0 saturated carbocycles. The normalized spacial score (nSPS) is 23.1. The predicted octanol–water partition coefficient (Wildman–Crippen LogP) is 2.10. The largest absolute Gasteiger partial charge is 0.416 e. The van der Waals surface area contributed by atoms with Gasteiger partial charge < -0.3 is 0 Å². The van der Waals surface area contributed by atoms with Crippen molar-refractivity contribution < 1.29 is 26.4 Å². The quantitative estimate of drug-likeness (QED) is 0.827. The molecular formula is C14H17F3N2O3S. The number of nitrogens with zero attached hydrogens (tertiary/aromatic N) is 1. The monoisotopic (exact) mass is 350 g/mol. The van der Waals surface area contributed by atoms with Crippen molar-refractivity contribution in [3.05, 3.63) is 48.0 Å². The van der Waals surface area contributed by atoms with E-state index < -0.39 is 33.1 Å². The summed E-state index contributed by atoms with van der Waals surface area (Å²) in [6.45, 7) is 3.33. The second-order valence-corrected chi connectivity index (χ2v) is 7.11. The zero-order chi connectivity index (χ0) is 17.3. The van der Waals surface area contributed by atoms with Crippen LogP contribution in [0.5, 0.6) is 0 Å². The molecule has 1 aromatic rings. The molecule has 1 saturated heterocycles. The van der Waals surface area contributed by atoms with Crippen LogP contribution in [0.15, 0.2) is 36.9 Å². The predicted molar refractivity (Wildman–Crippen MR) is 78.8 cm³/mol. The molecule has 0 aromatic heterocycles. The summed E-state index contributed by atoms with van der Waals surface area (Å²) in [5.41, 5.74) is -0.598. The van der Waals surface area contributed by atoms with Gasteiger partial charge in [0, 0.05) is 13.6 Å². The van der Waals surface area contributed by atoms with Crippen LogP contribution < -0.4 is 4.72 Å². The topological polar surface area (TPSA) is 58.6 Å². The van der Waals surface area contributed by atoms with Crippen LogP contribution in [0.4, 0.5) is 13.2 Å². The van der Waals surface area contributed by atoms with E-state index in [9.17, 15) is 21.6 Å². The Morgan fingerprint density at radius 1 is 1.48 bits per heavy atom. The van der Waals surface area contributed by atoms with E-state index in [1.165, 1.54) is 30.3 Å². The summed E-state index contributed by atoms with van der Waals surface area (Å²) in [5, 5.41) is 0.253. The van der Waals surface area contributed by atoms with Gasteiger partial charge in [-0.2, -0.15) is 18.2 Å². The summed E-state index contributed by atoms with van der Waals surface area (Å²) < 4.78 is 65.6. The Labute approximate surface area is 132 Å². The molecule has 1 aliphatic rings. The average Bonchev–Trinajstić information content (AvgIpc) is 2.87. The average molecular weight is 350 g/mol. The molecule has 0 radical (unpaired) electrons. The van der Waals surface area contributed by atoms with Crippen molar-refractivity contribution in [3.8, 4) is 0 Å². The van der Waals surface area contributed by atoms with E-state index in [-0.39, 0.29) is 18.7 Å². The number of hydrogen-bond donors (Lipinski definition) is 1. The summed E-state index contributed by atoms with van der Waals surface area (Å²) in [6, 6.07) is 3.77. The van der Waals surface area contributed by atoms with Gasteiger partial charge in [0.05, 0.1) is 18.2 Å². The van der Waals surface area contributed by atoms with Gasteiger partial charge in [-0.05, 0) is 17.7 Å². The van der Waals surface area contributed by atoms with Crippen LogP contribution in [-0.4, -0.2) is 38.9 Å². The van der Waals surface area contributed by atoms with Gasteiger partial charge in [-0.1, -0.05) is 18.2 Å². The highest BCUT2D eigenvalue weighted by Crippen LogP contribution is 2.36. The fourth-order valence-electron chi connectivity index (χ4n) is 2.46. The Hall–Kier alpha value is -1.42. The third-order valence-corrected chi connectivity index (χ3v) is 5.33. The maximum absolute atomic E-state index is 12.9. The molecule has 0 bridgehead atoms. The van der Waals surface area contributed by atoms with Crippen LogP contribution in [0.25, 0.3) is 0 Å². The van der Waals surface area contributed by atoms with Crippen LogP contribution >= 0.6 is 0 Å². The Balaban J connectivity index is 2.37. The lowest BCUT2D eigenvalue weighted by molar-refractivity contribution is -0.138. The highest BCUT2D eigenvalue weighted by molar-refractivity contribution is 7.90. The van der Waals surface area contributed by atoms with Crippen molar-refractivity contribution in [1.82, 2.24) is 9.79 Å². The van der Waals surface area contributed by atoms with E-state index in [1.54, 1.807) is 0 Å². The van der Waals surface area contributed by atoms with Gasteiger partial charge in [-0.25, -0.2) is 13.1 Å². The first-order valence-electron chi connectivity index (χ1n) is 6.79. The lowest BCUT2D eigenvalue weighted by Gasteiger charge is -2.23. The van der Waals surface area contributed by atoms with Gasteiger partial charge in [0.25, 0.3) is 0 Å². The van der Waals surface area contributed by atoms with E-state index in [4.69, 9.17) is 4.84 Å². The summed E-state index contributed by atoms with van der Waals surface area (Å²) in [4.78, 5) is 5.23. The van der Waals surface area contributed by atoms with Gasteiger partial charge in [-0.3, -0.25) is 4.84 Å². The number of alkyl halides is 3. The summed E-state index contributed by atoms with van der Waals surface area (Å²) >= 11 is 0. The van der Waals surface area contributed by atoms with Crippen LogP contribution in [-0.2, 0) is 21.0 Å². The molecule has 128 valence electrons. The minimum Gasteiger partial charge on any atom is -0.297 e. The number of nitrogens with one attached hydrogen (secondary N) is 1. The van der Waals surface area contributed by atoms with Crippen molar-refractivity contribution in [3.63, 3.8) is 0 Å². The molecular weight excluding hydrogens is 333 g/mol. The number of hydrogen-bond acceptors (Lipinski definition) is 4. The number of benzene rings is 1. The lowest BCUT2D eigenvalue weighted by atomic mass is 10.0. The first kappa shape index (κ1) is 17.9. The molecule has 9 heteroatoms. The van der Waals surface area contributed by atoms with E-state index in [0.717, 1.165) is 12.1 Å². The Kier molecular flexibility index (Phi) is 5.14. The number of sulfonamides is 1. The van der Waals surface area contributed by atoms with Gasteiger partial charge in [0.15, 0.2) is 0 Å². The van der Waals surface area contributed by atoms with Crippen LogP contribution in [0.3, 0.4) is 0 Å². The van der Waals surface area contributed by atoms with Gasteiger partial charge in [0.1, 0.15) is 5.25 Å². The molecule has 5 nitrogen and oxygen atoms in total. The van der Waals surface area contributed by atoms with Crippen molar-refractivity contribution in [2.24, 2.45) is 0 Å². The first-order chi connectivity index (χ1) is 10.7. The van der Waals surface area contributed by atoms with E-state index in [0.29, 0.717) is 0 Å². The molecule has 23 heavy (non-hydrogen) atoms. The Bertz CT molecular complexity index is 676. The standard InChI is InChI=1S/C14H17F3N2O3S/c1-3-7-18-23(20,21)12-9-22-19(2)13(12)10-5-4-6-11(8-10)14(15,16)17/h3-6,8,12-13,18H,1,7,9H2,2H3. The molecule has 0 aliphatic carbocycles. The second-order valence-electron chi connectivity index (χ2n) is 5.13. The number of hydroxylamine groups is 2. The number of halogens is 3. The number of rotatable bonds is 5. The van der Waals surface area contributed by atoms with Gasteiger partial charge in [0.2, 0.25) is 10.0 Å². The molecule has 1 N–H and O–H groups in total. The fourth-order valence-corrected chi connectivity index (χ4v) is 3.93. The zero-order valence-corrected chi connectivity index (χ0v) is 13.2. The molecule has 1 fully saturated rings. The van der Waals surface area contributed by atoms with E-state index >= 15 is 0 Å². The van der Waals surface area contributed by atoms with Crippen molar-refractivity contribution in [2.45, 2.75) is 17.5 Å². The zero-order valence-electron chi connectivity index (χ0n) is 12.4. The molecule has 1 heterocycles. The van der Waals surface area contributed by atoms with Crippen LogP contribution in [0, 0.1) is 0 Å². The Morgan fingerprint density at radius 2 is 2.17 bits per heavy atom. The van der Waals surface area contributed by atoms with E-state index in [2.05, 4.69) is 11.3 Å². The maximum Gasteiger partial charge on any atom is 0.416 e. The molecule has 0 spiro atoms. The van der Waals surface area contributed by atoms with Gasteiger partial charge >= 0.3 is 6.18 Å². The summed E-state index contributed by atoms with van der Waals surface area (Å²) in [5.74, 6) is 0. The first-order valence-corrected chi connectivity index (χ1v) is 8.33. The second kappa shape index (κ2) is 6.60. The summed E-state index contributed by atoms with van der Waals surface area (Å²) in [7, 11) is -2.28. The smallest absolute Gasteiger partial charge is 0.297 e. The third-order valence-electron chi connectivity index (χ3n) is 3.57. The minimum absolute atomic E-state index is 0.0395. The molecule has 2 atom stereocenters. The van der Waals surface area contributed by atoms with Crippen LogP contribution in [0.1, 0.15) is 17.2 Å². The highest BCUT2D eigenvalue weighted by atomic mass is 32.2. The molecule has 2 unspecified atom stereocenters. The van der Waals surface area contributed by atoms with Crippen LogP contribution in [0.2, 0.25) is 0 Å². The Morgan fingerprint density at radius 3 is 2.78 bits per heavy atom. The summed E-state index contributed by atoms with van der Waals surface area (Å²) in [6.07, 6.45) is -3.11. The minimum atomic E-state index is -4.50. The molecule has 0 amide bonds. The molecule has 2 rings (SSSR count). The third kappa shape index (κ3) is 3.92. The van der Waals surface area contributed by atoms with Crippen molar-refractivity contribution in [2.75, 3.05) is 20.2 Å². The molecule has 1 aromatic carbocycles. The lowest BCUT2D eigenvalue weighted by Crippen LogP contribution is -2.39. The van der Waals surface area contributed by atoms with E-state index in [1.807, 2.05) is 0 Å². The highest BCUT2D eigenvalue weighted by Gasteiger charge is 2.43. The SMILES string of the molecule is C=CCNS(=O)(=O)C1CON(C)C1c1cccc(C(F)(F)F)c1. The van der Waals surface area contributed by atoms with Crippen molar-refractivity contribution >= 4 is 10.0 Å². The fraction of sp³-hybridized carbons (Fsp3) is 0.429. The molecule has 1 aliphatic heterocycles. The van der Waals surface area contributed by atoms with Gasteiger partial charge in [-0.15, -0.1) is 6.58 Å².